The Morgan fingerprint density at radius 3 is 2.58 bits per heavy atom. The van der Waals surface area contributed by atoms with Crippen molar-refractivity contribution >= 4 is 0 Å². The van der Waals surface area contributed by atoms with Crippen molar-refractivity contribution in [1.29, 1.82) is 0 Å². The lowest BCUT2D eigenvalue weighted by molar-refractivity contribution is -0.0875. The van der Waals surface area contributed by atoms with E-state index >= 15 is 0 Å². The van der Waals surface area contributed by atoms with Crippen LogP contribution in [0.5, 0.6) is 0 Å². The fourth-order valence-corrected chi connectivity index (χ4v) is 3.73. The van der Waals surface area contributed by atoms with E-state index in [1.165, 1.54) is 38.5 Å². The summed E-state index contributed by atoms with van der Waals surface area (Å²) in [5, 5.41) is 0. The fourth-order valence-electron chi connectivity index (χ4n) is 3.73. The van der Waals surface area contributed by atoms with Gasteiger partial charge in [0.15, 0.2) is 0 Å². The minimum Gasteiger partial charge on any atom is -0.379 e. The Morgan fingerprint density at radius 1 is 1.32 bits per heavy atom. The molecule has 0 spiro atoms. The minimum atomic E-state index is 0.0644. The highest BCUT2D eigenvalue weighted by Crippen LogP contribution is 2.36. The van der Waals surface area contributed by atoms with E-state index in [0.29, 0.717) is 12.1 Å². The van der Waals surface area contributed by atoms with Crippen LogP contribution in [-0.4, -0.2) is 42.8 Å². The first kappa shape index (κ1) is 16.9. The second-order valence-corrected chi connectivity index (χ2v) is 6.27. The molecular weight excluding hydrogens is 236 g/mol. The second kappa shape index (κ2) is 8.23. The molecule has 1 aliphatic carbocycles. The van der Waals surface area contributed by atoms with Crippen molar-refractivity contribution in [2.24, 2.45) is 5.73 Å². The van der Waals surface area contributed by atoms with Gasteiger partial charge in [0.05, 0.1) is 11.6 Å². The summed E-state index contributed by atoms with van der Waals surface area (Å²) in [6.07, 6.45) is 9.06. The van der Waals surface area contributed by atoms with Gasteiger partial charge in [-0.1, -0.05) is 32.6 Å². The Morgan fingerprint density at radius 2 is 2.05 bits per heavy atom. The van der Waals surface area contributed by atoms with Crippen LogP contribution in [0.3, 0.4) is 0 Å². The van der Waals surface area contributed by atoms with Gasteiger partial charge in [-0.2, -0.15) is 0 Å². The summed E-state index contributed by atoms with van der Waals surface area (Å²) in [7, 11) is 1.85. The van der Waals surface area contributed by atoms with Crippen molar-refractivity contribution in [3.8, 4) is 0 Å². The van der Waals surface area contributed by atoms with Gasteiger partial charge < -0.3 is 10.5 Å². The SMILES string of the molecule is CCCCCN(C(C)C)C1(CN)CCCCC1OC. The maximum Gasteiger partial charge on any atom is 0.0767 e. The Kier molecular flexibility index (Phi) is 7.33. The first-order valence-electron chi connectivity index (χ1n) is 8.12. The van der Waals surface area contributed by atoms with Crippen LogP contribution in [-0.2, 0) is 4.74 Å². The van der Waals surface area contributed by atoms with Crippen molar-refractivity contribution in [1.82, 2.24) is 4.90 Å². The molecular formula is C16H34N2O. The highest BCUT2D eigenvalue weighted by atomic mass is 16.5. The van der Waals surface area contributed by atoms with E-state index in [4.69, 9.17) is 10.5 Å². The summed E-state index contributed by atoms with van der Waals surface area (Å²) in [6, 6.07) is 0.538. The first-order chi connectivity index (χ1) is 9.12. The van der Waals surface area contributed by atoms with Crippen LogP contribution < -0.4 is 5.73 Å². The summed E-state index contributed by atoms with van der Waals surface area (Å²) in [6.45, 7) is 8.73. The Balaban J connectivity index is 2.85. The predicted octanol–water partition coefficient (Wildman–Crippen LogP) is 3.17. The lowest BCUT2D eigenvalue weighted by Gasteiger charge is -2.52. The zero-order valence-electron chi connectivity index (χ0n) is 13.5. The van der Waals surface area contributed by atoms with E-state index in [9.17, 15) is 0 Å². The molecule has 0 saturated heterocycles. The van der Waals surface area contributed by atoms with Gasteiger partial charge in [0.25, 0.3) is 0 Å². The van der Waals surface area contributed by atoms with E-state index in [1.54, 1.807) is 0 Å². The standard InChI is InChI=1S/C16H34N2O/c1-5-6-9-12-18(14(2)3)16(13-17)11-8-7-10-15(16)19-4/h14-15H,5-13,17H2,1-4H3. The number of methoxy groups -OCH3 is 1. The number of unbranched alkanes of at least 4 members (excludes halogenated alkanes) is 2. The monoisotopic (exact) mass is 270 g/mol. The average Bonchev–Trinajstić information content (AvgIpc) is 2.43. The largest absolute Gasteiger partial charge is 0.379 e. The number of ether oxygens (including phenoxy) is 1. The number of hydrogen-bond donors (Lipinski definition) is 1. The molecule has 1 fully saturated rings. The van der Waals surface area contributed by atoms with Crippen LogP contribution in [0.2, 0.25) is 0 Å². The third-order valence-corrected chi connectivity index (χ3v) is 4.76. The fraction of sp³-hybridized carbons (Fsp3) is 1.00. The smallest absolute Gasteiger partial charge is 0.0767 e. The zero-order chi connectivity index (χ0) is 14.3. The van der Waals surface area contributed by atoms with Crippen LogP contribution in [0.4, 0.5) is 0 Å². The summed E-state index contributed by atoms with van der Waals surface area (Å²) < 4.78 is 5.81. The topological polar surface area (TPSA) is 38.5 Å². The summed E-state index contributed by atoms with van der Waals surface area (Å²) >= 11 is 0. The molecule has 0 aliphatic heterocycles. The molecule has 1 aliphatic rings. The number of hydrogen-bond acceptors (Lipinski definition) is 3. The third-order valence-electron chi connectivity index (χ3n) is 4.76. The molecule has 0 amide bonds. The van der Waals surface area contributed by atoms with Crippen LogP contribution >= 0.6 is 0 Å². The predicted molar refractivity (Wildman–Crippen MR) is 82.4 cm³/mol. The molecule has 3 nitrogen and oxygen atoms in total. The van der Waals surface area contributed by atoms with Crippen LogP contribution in [0, 0.1) is 0 Å². The molecule has 0 bridgehead atoms. The van der Waals surface area contributed by atoms with Crippen molar-refractivity contribution < 1.29 is 4.74 Å². The van der Waals surface area contributed by atoms with Gasteiger partial charge in [0.1, 0.15) is 0 Å². The summed E-state index contributed by atoms with van der Waals surface area (Å²) in [4.78, 5) is 2.63. The summed E-state index contributed by atoms with van der Waals surface area (Å²) in [5.41, 5.74) is 6.29. The molecule has 0 aromatic rings. The van der Waals surface area contributed by atoms with E-state index in [-0.39, 0.29) is 5.54 Å². The van der Waals surface area contributed by atoms with Gasteiger partial charge in [-0.3, -0.25) is 4.90 Å². The molecule has 3 heteroatoms. The molecule has 114 valence electrons. The number of nitrogens with zero attached hydrogens (tertiary/aromatic N) is 1. The Hall–Kier alpha value is -0.120. The minimum absolute atomic E-state index is 0.0644. The molecule has 0 radical (unpaired) electrons. The molecule has 19 heavy (non-hydrogen) atoms. The van der Waals surface area contributed by atoms with Crippen LogP contribution in [0.1, 0.15) is 65.7 Å². The van der Waals surface area contributed by atoms with Crippen LogP contribution in [0.15, 0.2) is 0 Å². The molecule has 1 rings (SSSR count). The van der Waals surface area contributed by atoms with Gasteiger partial charge in [-0.05, 0) is 39.7 Å². The zero-order valence-corrected chi connectivity index (χ0v) is 13.5. The maximum atomic E-state index is 6.23. The molecule has 0 aromatic heterocycles. The van der Waals surface area contributed by atoms with Gasteiger partial charge in [0.2, 0.25) is 0 Å². The third kappa shape index (κ3) is 3.93. The van der Waals surface area contributed by atoms with Crippen molar-refractivity contribution in [3.63, 3.8) is 0 Å². The Labute approximate surface area is 119 Å². The van der Waals surface area contributed by atoms with Crippen molar-refractivity contribution in [2.75, 3.05) is 20.2 Å². The van der Waals surface area contributed by atoms with Crippen LogP contribution in [0.25, 0.3) is 0 Å². The number of nitrogens with two attached hydrogens (primary N) is 1. The number of rotatable bonds is 8. The van der Waals surface area contributed by atoms with Crippen molar-refractivity contribution in [2.45, 2.75) is 83.4 Å². The van der Waals surface area contributed by atoms with Gasteiger partial charge in [-0.25, -0.2) is 0 Å². The molecule has 2 unspecified atom stereocenters. The lowest BCUT2D eigenvalue weighted by atomic mass is 9.76. The Bertz CT molecular complexity index is 245. The first-order valence-corrected chi connectivity index (χ1v) is 8.12. The van der Waals surface area contributed by atoms with Crippen molar-refractivity contribution in [3.05, 3.63) is 0 Å². The van der Waals surface area contributed by atoms with E-state index in [1.807, 2.05) is 7.11 Å². The summed E-state index contributed by atoms with van der Waals surface area (Å²) in [5.74, 6) is 0. The second-order valence-electron chi connectivity index (χ2n) is 6.27. The molecule has 2 atom stereocenters. The molecule has 0 heterocycles. The maximum absolute atomic E-state index is 6.23. The highest BCUT2D eigenvalue weighted by molar-refractivity contribution is 5.02. The molecule has 2 N–H and O–H groups in total. The van der Waals surface area contributed by atoms with Gasteiger partial charge >= 0.3 is 0 Å². The van der Waals surface area contributed by atoms with Gasteiger partial charge in [-0.15, -0.1) is 0 Å². The average molecular weight is 270 g/mol. The molecule has 0 aromatic carbocycles. The van der Waals surface area contributed by atoms with E-state index < -0.39 is 0 Å². The quantitative estimate of drug-likeness (QED) is 0.689. The lowest BCUT2D eigenvalue weighted by Crippen LogP contribution is -2.65. The van der Waals surface area contributed by atoms with Gasteiger partial charge in [0, 0.05) is 19.7 Å². The highest BCUT2D eigenvalue weighted by Gasteiger charge is 2.45. The van der Waals surface area contributed by atoms with E-state index in [0.717, 1.165) is 19.5 Å². The molecule has 1 saturated carbocycles. The van der Waals surface area contributed by atoms with E-state index in [2.05, 4.69) is 25.7 Å². The normalized spacial score (nSPS) is 28.3.